The van der Waals surface area contributed by atoms with Gasteiger partial charge in [0.15, 0.2) is 0 Å². The standard InChI is InChI=1S/C13H17N5O3/c14-12-6-8(11(7-15-12)18(20)21)13(19)16-9-3-5-17-4-1-2-10(9)17/h6-7,9-10H,1-5H2,(H2,14,15)(H,16,19). The van der Waals surface area contributed by atoms with Crippen LogP contribution in [0.4, 0.5) is 11.5 Å². The third-order valence-corrected chi connectivity index (χ3v) is 4.27. The van der Waals surface area contributed by atoms with Gasteiger partial charge in [-0.25, -0.2) is 4.98 Å². The van der Waals surface area contributed by atoms with Crippen molar-refractivity contribution in [1.29, 1.82) is 0 Å². The molecule has 0 saturated carbocycles. The van der Waals surface area contributed by atoms with Gasteiger partial charge in [0.2, 0.25) is 0 Å². The highest BCUT2D eigenvalue weighted by Gasteiger charge is 2.38. The Kier molecular flexibility index (Phi) is 3.46. The summed E-state index contributed by atoms with van der Waals surface area (Å²) in [5.74, 6) is -0.353. The predicted molar refractivity (Wildman–Crippen MR) is 75.8 cm³/mol. The number of rotatable bonds is 3. The van der Waals surface area contributed by atoms with Gasteiger partial charge in [0.05, 0.1) is 4.92 Å². The molecule has 2 aliphatic heterocycles. The van der Waals surface area contributed by atoms with Crippen LogP contribution in [0.1, 0.15) is 29.6 Å². The van der Waals surface area contributed by atoms with Crippen LogP contribution in [-0.2, 0) is 0 Å². The van der Waals surface area contributed by atoms with Crippen molar-refractivity contribution < 1.29 is 9.72 Å². The van der Waals surface area contributed by atoms with E-state index in [0.717, 1.165) is 38.5 Å². The fraction of sp³-hybridized carbons (Fsp3) is 0.538. The number of anilines is 1. The van der Waals surface area contributed by atoms with Gasteiger partial charge in [-0.3, -0.25) is 19.8 Å². The summed E-state index contributed by atoms with van der Waals surface area (Å²) in [5, 5.41) is 13.9. The molecule has 2 unspecified atom stereocenters. The number of carbonyl (C=O) groups excluding carboxylic acids is 1. The summed E-state index contributed by atoms with van der Waals surface area (Å²) in [6.45, 7) is 2.04. The zero-order chi connectivity index (χ0) is 15.0. The fourth-order valence-corrected chi connectivity index (χ4v) is 3.29. The first-order valence-corrected chi connectivity index (χ1v) is 7.01. The predicted octanol–water partition coefficient (Wildman–Crippen LogP) is 0.538. The van der Waals surface area contributed by atoms with Gasteiger partial charge in [-0.05, 0) is 31.9 Å². The van der Waals surface area contributed by atoms with Crippen molar-refractivity contribution in [2.45, 2.75) is 31.3 Å². The molecule has 112 valence electrons. The highest BCUT2D eigenvalue weighted by atomic mass is 16.6. The first-order valence-electron chi connectivity index (χ1n) is 7.01. The zero-order valence-corrected chi connectivity index (χ0v) is 11.5. The maximum Gasteiger partial charge on any atom is 0.300 e. The Bertz CT molecular complexity index is 591. The van der Waals surface area contributed by atoms with E-state index in [1.807, 2.05) is 0 Å². The summed E-state index contributed by atoms with van der Waals surface area (Å²) in [4.78, 5) is 28.8. The van der Waals surface area contributed by atoms with Gasteiger partial charge >= 0.3 is 0 Å². The van der Waals surface area contributed by atoms with Gasteiger partial charge in [0.25, 0.3) is 11.6 Å². The summed E-state index contributed by atoms with van der Waals surface area (Å²) in [5.41, 5.74) is 5.20. The summed E-state index contributed by atoms with van der Waals surface area (Å²) < 4.78 is 0. The number of nitro groups is 1. The Morgan fingerprint density at radius 2 is 2.29 bits per heavy atom. The van der Waals surface area contributed by atoms with Gasteiger partial charge in [0, 0.05) is 18.6 Å². The van der Waals surface area contributed by atoms with Gasteiger partial charge < -0.3 is 11.1 Å². The maximum absolute atomic E-state index is 12.3. The lowest BCUT2D eigenvalue weighted by Gasteiger charge is -2.21. The molecule has 3 N–H and O–H groups in total. The topological polar surface area (TPSA) is 114 Å². The van der Waals surface area contributed by atoms with Crippen LogP contribution < -0.4 is 11.1 Å². The first kappa shape index (κ1) is 13.7. The minimum Gasteiger partial charge on any atom is -0.384 e. The lowest BCUT2D eigenvalue weighted by Crippen LogP contribution is -2.42. The molecule has 1 aromatic rings. The molecule has 2 atom stereocenters. The number of pyridine rings is 1. The molecule has 2 aliphatic rings. The lowest BCUT2D eigenvalue weighted by atomic mass is 10.1. The number of amides is 1. The number of nitrogen functional groups attached to an aromatic ring is 1. The molecule has 0 aliphatic carbocycles. The molecule has 0 bridgehead atoms. The summed E-state index contributed by atoms with van der Waals surface area (Å²) >= 11 is 0. The van der Waals surface area contributed by atoms with Crippen molar-refractivity contribution >= 4 is 17.4 Å². The van der Waals surface area contributed by atoms with E-state index in [-0.39, 0.29) is 23.1 Å². The van der Waals surface area contributed by atoms with Crippen molar-refractivity contribution in [3.63, 3.8) is 0 Å². The van der Waals surface area contributed by atoms with Crippen molar-refractivity contribution in [2.75, 3.05) is 18.8 Å². The van der Waals surface area contributed by atoms with E-state index in [1.54, 1.807) is 0 Å². The third-order valence-electron chi connectivity index (χ3n) is 4.27. The van der Waals surface area contributed by atoms with Crippen molar-refractivity contribution in [2.24, 2.45) is 0 Å². The van der Waals surface area contributed by atoms with Crippen molar-refractivity contribution in [1.82, 2.24) is 15.2 Å². The SMILES string of the molecule is Nc1cc(C(=O)NC2CCN3CCCC23)c([N+](=O)[O-])cn1. The maximum atomic E-state index is 12.3. The number of aromatic nitrogens is 1. The molecular weight excluding hydrogens is 274 g/mol. The van der Waals surface area contributed by atoms with Gasteiger partial charge in [-0.1, -0.05) is 0 Å². The lowest BCUT2D eigenvalue weighted by molar-refractivity contribution is -0.385. The molecule has 2 saturated heterocycles. The van der Waals surface area contributed by atoms with Crippen LogP contribution in [0.15, 0.2) is 12.3 Å². The van der Waals surface area contributed by atoms with E-state index in [4.69, 9.17) is 5.73 Å². The number of nitrogens with zero attached hydrogens (tertiary/aromatic N) is 3. The second-order valence-electron chi connectivity index (χ2n) is 5.50. The largest absolute Gasteiger partial charge is 0.384 e. The van der Waals surface area contributed by atoms with Crippen LogP contribution in [0.5, 0.6) is 0 Å². The normalized spacial score (nSPS) is 24.8. The van der Waals surface area contributed by atoms with Gasteiger partial charge in [-0.15, -0.1) is 0 Å². The zero-order valence-electron chi connectivity index (χ0n) is 11.5. The van der Waals surface area contributed by atoms with E-state index in [0.29, 0.717) is 6.04 Å². The Balaban J connectivity index is 1.79. The second kappa shape index (κ2) is 5.28. The summed E-state index contributed by atoms with van der Waals surface area (Å²) in [7, 11) is 0. The second-order valence-corrected chi connectivity index (χ2v) is 5.50. The van der Waals surface area contributed by atoms with Crippen LogP contribution in [0, 0.1) is 10.1 Å². The Hall–Kier alpha value is -2.22. The monoisotopic (exact) mass is 291 g/mol. The average molecular weight is 291 g/mol. The van der Waals surface area contributed by atoms with Crippen molar-refractivity contribution in [3.8, 4) is 0 Å². The van der Waals surface area contributed by atoms with Crippen LogP contribution in [-0.4, -0.2) is 45.9 Å². The molecule has 8 nitrogen and oxygen atoms in total. The molecule has 3 heterocycles. The molecule has 21 heavy (non-hydrogen) atoms. The molecule has 0 aromatic carbocycles. The van der Waals surface area contributed by atoms with Gasteiger partial charge in [0.1, 0.15) is 17.6 Å². The number of fused-ring (bicyclic) bond motifs is 1. The molecule has 0 spiro atoms. The van der Waals surface area contributed by atoms with E-state index in [1.165, 1.54) is 6.07 Å². The van der Waals surface area contributed by atoms with Crippen LogP contribution in [0.2, 0.25) is 0 Å². The highest BCUT2D eigenvalue weighted by Crippen LogP contribution is 2.28. The van der Waals surface area contributed by atoms with E-state index < -0.39 is 10.8 Å². The number of carbonyl (C=O) groups is 1. The quantitative estimate of drug-likeness (QED) is 0.620. The minimum atomic E-state index is -0.613. The molecule has 1 amide bonds. The smallest absolute Gasteiger partial charge is 0.300 e. The van der Waals surface area contributed by atoms with Crippen LogP contribution in [0.3, 0.4) is 0 Å². The van der Waals surface area contributed by atoms with Crippen molar-refractivity contribution in [3.05, 3.63) is 27.9 Å². The first-order chi connectivity index (χ1) is 10.1. The third kappa shape index (κ3) is 2.54. The highest BCUT2D eigenvalue weighted by molar-refractivity contribution is 5.98. The van der Waals surface area contributed by atoms with E-state index in [9.17, 15) is 14.9 Å². The Labute approximate surface area is 121 Å². The summed E-state index contributed by atoms with van der Waals surface area (Å²) in [6.07, 6.45) is 4.11. The van der Waals surface area contributed by atoms with E-state index >= 15 is 0 Å². The number of hydrogen-bond acceptors (Lipinski definition) is 6. The molecule has 3 rings (SSSR count). The number of nitrogens with two attached hydrogens (primary N) is 1. The minimum absolute atomic E-state index is 0.0241. The average Bonchev–Trinajstić information content (AvgIpc) is 3.03. The number of nitrogens with one attached hydrogen (secondary N) is 1. The molecule has 1 aromatic heterocycles. The van der Waals surface area contributed by atoms with E-state index in [2.05, 4.69) is 15.2 Å². The summed E-state index contributed by atoms with van der Waals surface area (Å²) in [6, 6.07) is 1.66. The molecule has 0 radical (unpaired) electrons. The number of hydrogen-bond donors (Lipinski definition) is 2. The Morgan fingerprint density at radius 3 is 3.05 bits per heavy atom. The molecule has 2 fully saturated rings. The van der Waals surface area contributed by atoms with Gasteiger partial charge in [-0.2, -0.15) is 0 Å². The fourth-order valence-electron chi connectivity index (χ4n) is 3.29. The Morgan fingerprint density at radius 1 is 1.48 bits per heavy atom. The van der Waals surface area contributed by atoms with Crippen LogP contribution >= 0.6 is 0 Å². The molecule has 8 heteroatoms. The van der Waals surface area contributed by atoms with Crippen LogP contribution in [0.25, 0.3) is 0 Å². The molecular formula is C13H17N5O3.